The van der Waals surface area contributed by atoms with E-state index < -0.39 is 5.97 Å². The first kappa shape index (κ1) is 13.5. The Morgan fingerprint density at radius 3 is 2.68 bits per heavy atom. The fourth-order valence-corrected chi connectivity index (χ4v) is 2.60. The van der Waals surface area contributed by atoms with Crippen molar-refractivity contribution in [3.05, 3.63) is 27.9 Å². The van der Waals surface area contributed by atoms with Crippen LogP contribution in [-0.2, 0) is 4.74 Å². The van der Waals surface area contributed by atoms with Crippen molar-refractivity contribution in [1.29, 1.82) is 0 Å². The Kier molecular flexibility index (Phi) is 3.57. The number of carbonyl (C=O) groups is 3. The zero-order valence-corrected chi connectivity index (χ0v) is 11.5. The van der Waals surface area contributed by atoms with Crippen LogP contribution in [0.25, 0.3) is 0 Å². The summed E-state index contributed by atoms with van der Waals surface area (Å²) in [4.78, 5) is 36.0. The number of ether oxygens (including phenoxy) is 1. The van der Waals surface area contributed by atoms with Gasteiger partial charge >= 0.3 is 5.97 Å². The first-order chi connectivity index (χ1) is 8.95. The molecule has 6 nitrogen and oxygen atoms in total. The van der Waals surface area contributed by atoms with Crippen molar-refractivity contribution in [3.8, 4) is 0 Å². The Morgan fingerprint density at radius 1 is 1.42 bits per heavy atom. The second kappa shape index (κ2) is 5.00. The number of nitrogens with zero attached hydrogens (tertiary/aromatic N) is 1. The third-order valence-electron chi connectivity index (χ3n) is 2.46. The van der Waals surface area contributed by atoms with Crippen LogP contribution in [0.3, 0.4) is 0 Å². The Balaban J connectivity index is 2.49. The van der Waals surface area contributed by atoms with Gasteiger partial charge in [-0.15, -0.1) is 11.8 Å². The zero-order chi connectivity index (χ0) is 14.2. The van der Waals surface area contributed by atoms with Crippen molar-refractivity contribution < 1.29 is 19.1 Å². The quantitative estimate of drug-likeness (QED) is 0.846. The van der Waals surface area contributed by atoms with Gasteiger partial charge in [0.05, 0.1) is 17.6 Å². The summed E-state index contributed by atoms with van der Waals surface area (Å²) in [5.74, 6) is -1.47. The van der Waals surface area contributed by atoms with Crippen LogP contribution in [0.2, 0.25) is 0 Å². The summed E-state index contributed by atoms with van der Waals surface area (Å²) in [5.41, 5.74) is -0.105. The highest BCUT2D eigenvalue weighted by Crippen LogP contribution is 2.31. The molecule has 1 aliphatic rings. The van der Waals surface area contributed by atoms with E-state index in [-0.39, 0.29) is 33.8 Å². The normalized spacial score (nSPS) is 14.4. The van der Waals surface area contributed by atoms with Crippen molar-refractivity contribution >= 4 is 29.3 Å². The molecule has 1 aliphatic carbocycles. The highest BCUT2D eigenvalue weighted by Gasteiger charge is 2.34. The van der Waals surface area contributed by atoms with Crippen LogP contribution in [0.4, 0.5) is 0 Å². The number of ketones is 2. The average molecular weight is 280 g/mol. The Labute approximate surface area is 113 Å². The molecule has 7 heteroatoms. The fourth-order valence-electron chi connectivity index (χ4n) is 1.71. The van der Waals surface area contributed by atoms with Crippen LogP contribution in [0.15, 0.2) is 11.0 Å². The fraction of sp³-hybridized carbons (Fsp3) is 0.333. The van der Waals surface area contributed by atoms with E-state index in [1.54, 1.807) is 0 Å². The standard InChI is InChI=1S/C12H12N2O4S/c1-5(2)19-7-4-6(15)9-8(11(7)16)10(14-13-9)12(17)18-3/h4-5H,1-3H3,(H,13,14). The number of esters is 1. The number of hydrogen-bond acceptors (Lipinski definition) is 6. The lowest BCUT2D eigenvalue weighted by atomic mass is 9.99. The van der Waals surface area contributed by atoms with E-state index in [2.05, 4.69) is 14.9 Å². The summed E-state index contributed by atoms with van der Waals surface area (Å²) in [6, 6.07) is 0. The van der Waals surface area contributed by atoms with Gasteiger partial charge in [-0.05, 0) is 0 Å². The van der Waals surface area contributed by atoms with Gasteiger partial charge in [-0.2, -0.15) is 5.10 Å². The lowest BCUT2D eigenvalue weighted by molar-refractivity contribution is 0.0591. The summed E-state index contributed by atoms with van der Waals surface area (Å²) >= 11 is 1.28. The van der Waals surface area contributed by atoms with Gasteiger partial charge in [0.2, 0.25) is 11.6 Å². The summed E-state index contributed by atoms with van der Waals surface area (Å²) in [6.45, 7) is 3.82. The van der Waals surface area contributed by atoms with Gasteiger partial charge in [-0.3, -0.25) is 14.7 Å². The maximum Gasteiger partial charge on any atom is 0.356 e. The van der Waals surface area contributed by atoms with E-state index in [1.807, 2.05) is 13.8 Å². The molecule has 1 heterocycles. The summed E-state index contributed by atoms with van der Waals surface area (Å²) in [5, 5.41) is 6.26. The van der Waals surface area contributed by atoms with Crippen LogP contribution < -0.4 is 0 Å². The highest BCUT2D eigenvalue weighted by molar-refractivity contribution is 8.04. The van der Waals surface area contributed by atoms with Crippen LogP contribution >= 0.6 is 11.8 Å². The number of H-pyrrole nitrogens is 1. The minimum Gasteiger partial charge on any atom is -0.464 e. The number of hydrogen-bond donors (Lipinski definition) is 1. The number of thioether (sulfide) groups is 1. The van der Waals surface area contributed by atoms with Gasteiger partial charge in [0.25, 0.3) is 0 Å². The molecule has 0 amide bonds. The molecule has 1 N–H and O–H groups in total. The largest absolute Gasteiger partial charge is 0.464 e. The summed E-state index contributed by atoms with van der Waals surface area (Å²) < 4.78 is 4.56. The number of Topliss-reactive ketones (excluding diaryl/α,β-unsaturated/α-hetero) is 1. The maximum absolute atomic E-state index is 12.3. The third-order valence-corrected chi connectivity index (χ3v) is 3.49. The average Bonchev–Trinajstić information content (AvgIpc) is 2.79. The molecule has 2 rings (SSSR count). The molecular weight excluding hydrogens is 268 g/mol. The van der Waals surface area contributed by atoms with Gasteiger partial charge in [0, 0.05) is 11.3 Å². The SMILES string of the molecule is COC(=O)c1[nH]nc2c1C(=O)C(SC(C)C)=CC2=O. The molecule has 0 fully saturated rings. The monoisotopic (exact) mass is 280 g/mol. The summed E-state index contributed by atoms with van der Waals surface area (Å²) in [7, 11) is 1.20. The van der Waals surface area contributed by atoms with E-state index >= 15 is 0 Å². The number of aromatic nitrogens is 2. The molecular formula is C12H12N2O4S. The zero-order valence-electron chi connectivity index (χ0n) is 10.6. The number of aromatic amines is 1. The molecule has 0 saturated carbocycles. The Hall–Kier alpha value is -1.89. The number of carbonyl (C=O) groups excluding carboxylic acids is 3. The second-order valence-electron chi connectivity index (χ2n) is 4.18. The van der Waals surface area contributed by atoms with Crippen molar-refractivity contribution in [1.82, 2.24) is 10.2 Å². The lowest BCUT2D eigenvalue weighted by Gasteiger charge is -2.13. The van der Waals surface area contributed by atoms with Gasteiger partial charge in [-0.25, -0.2) is 4.79 Å². The lowest BCUT2D eigenvalue weighted by Crippen LogP contribution is -2.18. The molecule has 1 aromatic heterocycles. The molecule has 1 aromatic rings. The van der Waals surface area contributed by atoms with Crippen LogP contribution in [0.1, 0.15) is 45.2 Å². The smallest absolute Gasteiger partial charge is 0.356 e. The molecule has 19 heavy (non-hydrogen) atoms. The second-order valence-corrected chi connectivity index (χ2v) is 5.80. The van der Waals surface area contributed by atoms with Crippen molar-refractivity contribution in [3.63, 3.8) is 0 Å². The topological polar surface area (TPSA) is 89.1 Å². The molecule has 0 radical (unpaired) electrons. The van der Waals surface area contributed by atoms with Crippen molar-refractivity contribution in [2.24, 2.45) is 0 Å². The number of rotatable bonds is 3. The predicted octanol–water partition coefficient (Wildman–Crippen LogP) is 1.60. The maximum atomic E-state index is 12.3. The molecule has 0 unspecified atom stereocenters. The Morgan fingerprint density at radius 2 is 2.11 bits per heavy atom. The van der Waals surface area contributed by atoms with Crippen molar-refractivity contribution in [2.45, 2.75) is 19.1 Å². The molecule has 0 bridgehead atoms. The molecule has 0 aliphatic heterocycles. The molecule has 0 atom stereocenters. The van der Waals surface area contributed by atoms with Crippen LogP contribution in [-0.4, -0.2) is 40.1 Å². The number of methoxy groups -OCH3 is 1. The minimum atomic E-state index is -0.717. The number of allylic oxidation sites excluding steroid dienone is 2. The van der Waals surface area contributed by atoms with E-state index in [0.29, 0.717) is 4.91 Å². The van der Waals surface area contributed by atoms with E-state index in [9.17, 15) is 14.4 Å². The van der Waals surface area contributed by atoms with E-state index in [0.717, 1.165) is 0 Å². The minimum absolute atomic E-state index is 0.00231. The first-order valence-corrected chi connectivity index (χ1v) is 6.47. The first-order valence-electron chi connectivity index (χ1n) is 5.59. The van der Waals surface area contributed by atoms with Gasteiger partial charge in [-0.1, -0.05) is 13.8 Å². The van der Waals surface area contributed by atoms with Gasteiger partial charge in [0.1, 0.15) is 5.69 Å². The van der Waals surface area contributed by atoms with E-state index in [1.165, 1.54) is 24.9 Å². The molecule has 0 aromatic carbocycles. The Bertz CT molecular complexity index is 601. The number of fused-ring (bicyclic) bond motifs is 1. The van der Waals surface area contributed by atoms with Crippen molar-refractivity contribution in [2.75, 3.05) is 7.11 Å². The predicted molar refractivity (Wildman–Crippen MR) is 69.4 cm³/mol. The number of nitrogens with one attached hydrogen (secondary N) is 1. The van der Waals surface area contributed by atoms with Gasteiger partial charge in [0.15, 0.2) is 5.69 Å². The molecule has 0 spiro atoms. The molecule has 0 saturated heterocycles. The van der Waals surface area contributed by atoms with Crippen LogP contribution in [0, 0.1) is 0 Å². The summed E-state index contributed by atoms with van der Waals surface area (Å²) in [6.07, 6.45) is 1.26. The highest BCUT2D eigenvalue weighted by atomic mass is 32.2. The van der Waals surface area contributed by atoms with E-state index in [4.69, 9.17) is 0 Å². The van der Waals surface area contributed by atoms with Gasteiger partial charge < -0.3 is 4.74 Å². The third kappa shape index (κ3) is 2.33. The molecule has 100 valence electrons. The van der Waals surface area contributed by atoms with Crippen LogP contribution in [0.5, 0.6) is 0 Å².